The molecule has 2 fully saturated rings. The smallest absolute Gasteiger partial charge is 0.243 e. The molecule has 0 radical (unpaired) electrons. The minimum absolute atomic E-state index is 0.0599. The molecule has 12 heteroatoms. The molecule has 178 valence electrons. The van der Waals surface area contributed by atoms with Crippen molar-refractivity contribution in [2.75, 3.05) is 18.4 Å². The van der Waals surface area contributed by atoms with Crippen LogP contribution in [0.2, 0.25) is 0 Å². The molecule has 2 aliphatic rings. The van der Waals surface area contributed by atoms with Crippen LogP contribution in [0.1, 0.15) is 31.2 Å². The standard InChI is InChI=1S/C22H24N6O4S2/c29-20(13-19-21(30)26-22(33-19)27-24-15-16-5-4-10-23-14-16)25-17-6-8-18(9-7-17)34(31,32)28-11-2-1-3-12-28/h4-10,14-15,19H,1-3,11-13H2,(H,25,29)(H,26,27,30)/b24-15+. The van der Waals surface area contributed by atoms with Crippen molar-refractivity contribution in [3.8, 4) is 0 Å². The Hall–Kier alpha value is -3.09. The summed E-state index contributed by atoms with van der Waals surface area (Å²) in [6.45, 7) is 1.06. The molecule has 10 nitrogen and oxygen atoms in total. The number of nitrogens with zero attached hydrogens (tertiary/aromatic N) is 4. The maximum Gasteiger partial charge on any atom is 0.243 e. The summed E-state index contributed by atoms with van der Waals surface area (Å²) < 4.78 is 27.0. The summed E-state index contributed by atoms with van der Waals surface area (Å²) in [4.78, 5) is 28.8. The maximum absolute atomic E-state index is 12.7. The highest BCUT2D eigenvalue weighted by Gasteiger charge is 2.32. The van der Waals surface area contributed by atoms with Gasteiger partial charge in [-0.05, 0) is 43.2 Å². The molecule has 2 amide bonds. The summed E-state index contributed by atoms with van der Waals surface area (Å²) in [5.74, 6) is -0.683. The first-order chi connectivity index (χ1) is 16.4. The summed E-state index contributed by atoms with van der Waals surface area (Å²) in [5.41, 5.74) is 1.23. The van der Waals surface area contributed by atoms with Gasteiger partial charge in [-0.2, -0.15) is 9.41 Å². The fourth-order valence-electron chi connectivity index (χ4n) is 3.53. The number of rotatable bonds is 7. The molecular weight excluding hydrogens is 476 g/mol. The lowest BCUT2D eigenvalue weighted by Gasteiger charge is -2.25. The van der Waals surface area contributed by atoms with Gasteiger partial charge in [0.15, 0.2) is 5.17 Å². The van der Waals surface area contributed by atoms with E-state index >= 15 is 0 Å². The van der Waals surface area contributed by atoms with E-state index in [1.165, 1.54) is 22.7 Å². The first kappa shape index (κ1) is 24.0. The Morgan fingerprint density at radius 3 is 2.68 bits per heavy atom. The molecule has 0 aliphatic carbocycles. The second kappa shape index (κ2) is 10.9. The van der Waals surface area contributed by atoms with Crippen LogP contribution in [0.15, 0.2) is 63.9 Å². The average molecular weight is 501 g/mol. The van der Waals surface area contributed by atoms with Gasteiger partial charge in [-0.15, -0.1) is 5.10 Å². The van der Waals surface area contributed by atoms with Crippen molar-refractivity contribution in [1.82, 2.24) is 14.6 Å². The number of benzene rings is 1. The van der Waals surface area contributed by atoms with E-state index in [0.717, 1.165) is 36.6 Å². The predicted molar refractivity (Wildman–Crippen MR) is 131 cm³/mol. The highest BCUT2D eigenvalue weighted by Crippen LogP contribution is 2.24. The molecule has 1 unspecified atom stereocenters. The van der Waals surface area contributed by atoms with Gasteiger partial charge in [0, 0.05) is 43.2 Å². The van der Waals surface area contributed by atoms with Crippen LogP contribution < -0.4 is 10.6 Å². The molecule has 1 atom stereocenters. The van der Waals surface area contributed by atoms with Gasteiger partial charge in [-0.1, -0.05) is 24.2 Å². The van der Waals surface area contributed by atoms with Crippen molar-refractivity contribution in [2.24, 2.45) is 10.2 Å². The first-order valence-corrected chi connectivity index (χ1v) is 13.1. The highest BCUT2D eigenvalue weighted by molar-refractivity contribution is 8.15. The zero-order chi connectivity index (χ0) is 24.0. The largest absolute Gasteiger partial charge is 0.326 e. The van der Waals surface area contributed by atoms with Gasteiger partial charge in [-0.3, -0.25) is 14.6 Å². The van der Waals surface area contributed by atoms with Crippen LogP contribution in [-0.2, 0) is 19.6 Å². The summed E-state index contributed by atoms with van der Waals surface area (Å²) >= 11 is 1.13. The number of hydrogen-bond acceptors (Lipinski definition) is 8. The maximum atomic E-state index is 12.7. The number of hydrogen-bond donors (Lipinski definition) is 2. The number of sulfonamides is 1. The van der Waals surface area contributed by atoms with Crippen molar-refractivity contribution in [3.63, 3.8) is 0 Å². The zero-order valence-electron chi connectivity index (χ0n) is 18.3. The number of aromatic nitrogens is 1. The molecule has 4 rings (SSSR count). The summed E-state index contributed by atoms with van der Waals surface area (Å²) in [6, 6.07) is 9.67. The Kier molecular flexibility index (Phi) is 7.70. The Labute approximate surface area is 202 Å². The van der Waals surface area contributed by atoms with Gasteiger partial charge in [0.05, 0.1) is 11.1 Å². The molecule has 2 aliphatic heterocycles. The van der Waals surface area contributed by atoms with Crippen molar-refractivity contribution >= 4 is 50.7 Å². The summed E-state index contributed by atoms with van der Waals surface area (Å²) in [5, 5.41) is 12.9. The van der Waals surface area contributed by atoms with Crippen LogP contribution in [-0.4, -0.2) is 59.2 Å². The SMILES string of the molecule is O=C(CC1S/C(=N/N=C/c2cccnc2)NC1=O)Nc1ccc(S(=O)(=O)N2CCCCC2)cc1. The zero-order valence-corrected chi connectivity index (χ0v) is 19.9. The second-order valence-corrected chi connectivity index (χ2v) is 10.9. The topological polar surface area (TPSA) is 133 Å². The molecule has 0 spiro atoms. The van der Waals surface area contributed by atoms with E-state index in [2.05, 4.69) is 25.8 Å². The lowest BCUT2D eigenvalue weighted by Crippen LogP contribution is -2.35. The minimum atomic E-state index is -3.53. The third-order valence-electron chi connectivity index (χ3n) is 5.28. The number of piperidine rings is 1. The Morgan fingerprint density at radius 1 is 1.21 bits per heavy atom. The molecule has 34 heavy (non-hydrogen) atoms. The van der Waals surface area contributed by atoms with Gasteiger partial charge in [0.2, 0.25) is 21.8 Å². The van der Waals surface area contributed by atoms with E-state index in [4.69, 9.17) is 0 Å². The van der Waals surface area contributed by atoms with Crippen LogP contribution >= 0.6 is 11.8 Å². The summed E-state index contributed by atoms with van der Waals surface area (Å²) in [6.07, 6.45) is 7.51. The lowest BCUT2D eigenvalue weighted by atomic mass is 10.2. The molecule has 1 aromatic heterocycles. The van der Waals surface area contributed by atoms with Gasteiger partial charge in [0.25, 0.3) is 0 Å². The van der Waals surface area contributed by atoms with Crippen LogP contribution in [0.4, 0.5) is 5.69 Å². The lowest BCUT2D eigenvalue weighted by molar-refractivity contribution is -0.122. The van der Waals surface area contributed by atoms with Crippen LogP contribution in [0.25, 0.3) is 0 Å². The fourth-order valence-corrected chi connectivity index (χ4v) is 5.97. The number of amidine groups is 1. The number of nitrogens with one attached hydrogen (secondary N) is 2. The number of amides is 2. The molecular formula is C22H24N6O4S2. The predicted octanol–water partition coefficient (Wildman–Crippen LogP) is 2.21. The molecule has 0 bridgehead atoms. The van der Waals surface area contributed by atoms with Crippen LogP contribution in [0.5, 0.6) is 0 Å². The van der Waals surface area contributed by atoms with Gasteiger partial charge in [0.1, 0.15) is 5.25 Å². The highest BCUT2D eigenvalue weighted by atomic mass is 32.2. The van der Waals surface area contributed by atoms with Gasteiger partial charge >= 0.3 is 0 Å². The normalized spacial score (nSPS) is 20.5. The minimum Gasteiger partial charge on any atom is -0.326 e. The Bertz CT molecular complexity index is 1190. The van der Waals surface area contributed by atoms with E-state index in [0.29, 0.717) is 23.9 Å². The van der Waals surface area contributed by atoms with Crippen molar-refractivity contribution in [2.45, 2.75) is 35.8 Å². The monoisotopic (exact) mass is 500 g/mol. The number of carbonyl (C=O) groups excluding carboxylic acids is 2. The van der Waals surface area contributed by atoms with Crippen molar-refractivity contribution in [1.29, 1.82) is 0 Å². The molecule has 0 saturated carbocycles. The van der Waals surface area contributed by atoms with E-state index in [9.17, 15) is 18.0 Å². The quantitative estimate of drug-likeness (QED) is 0.442. The average Bonchev–Trinajstić information content (AvgIpc) is 3.19. The third-order valence-corrected chi connectivity index (χ3v) is 8.26. The van der Waals surface area contributed by atoms with Crippen LogP contribution in [0, 0.1) is 0 Å². The number of thioether (sulfide) groups is 1. The second-order valence-electron chi connectivity index (χ2n) is 7.77. The van der Waals surface area contributed by atoms with E-state index < -0.39 is 15.3 Å². The molecule has 1 aromatic carbocycles. The van der Waals surface area contributed by atoms with Crippen molar-refractivity contribution in [3.05, 3.63) is 54.4 Å². The number of carbonyl (C=O) groups is 2. The fraction of sp³-hybridized carbons (Fsp3) is 0.318. The molecule has 2 N–H and O–H groups in total. The van der Waals surface area contributed by atoms with E-state index in [1.807, 2.05) is 6.07 Å². The summed E-state index contributed by atoms with van der Waals surface area (Å²) in [7, 11) is -3.53. The molecule has 2 aromatic rings. The van der Waals surface area contributed by atoms with Gasteiger partial charge in [-0.25, -0.2) is 8.42 Å². The Balaban J connectivity index is 1.30. The number of anilines is 1. The molecule has 3 heterocycles. The molecule has 2 saturated heterocycles. The third kappa shape index (κ3) is 6.07. The van der Waals surface area contributed by atoms with Crippen molar-refractivity contribution < 1.29 is 18.0 Å². The first-order valence-electron chi connectivity index (χ1n) is 10.8. The Morgan fingerprint density at radius 2 is 1.97 bits per heavy atom. The van der Waals surface area contributed by atoms with Gasteiger partial charge < -0.3 is 10.6 Å². The van der Waals surface area contributed by atoms with E-state index in [1.54, 1.807) is 30.6 Å². The number of pyridine rings is 1. The van der Waals surface area contributed by atoms with E-state index in [-0.39, 0.29) is 23.1 Å². The van der Waals surface area contributed by atoms with Crippen LogP contribution in [0.3, 0.4) is 0 Å².